The monoisotopic (exact) mass is 295 g/mol. The zero-order valence-electron chi connectivity index (χ0n) is 12.8. The van der Waals surface area contributed by atoms with Gasteiger partial charge in [-0.25, -0.2) is 4.79 Å². The lowest BCUT2D eigenvalue weighted by molar-refractivity contribution is -0.136. The van der Waals surface area contributed by atoms with Crippen molar-refractivity contribution in [1.29, 1.82) is 0 Å². The highest BCUT2D eigenvalue weighted by Crippen LogP contribution is 2.21. The van der Waals surface area contributed by atoms with Crippen molar-refractivity contribution < 1.29 is 9.53 Å². The Kier molecular flexibility index (Phi) is 5.78. The van der Waals surface area contributed by atoms with Gasteiger partial charge in [-0.2, -0.15) is 0 Å². The summed E-state index contributed by atoms with van der Waals surface area (Å²) in [6.07, 6.45) is 3.71. The molecule has 0 saturated carbocycles. The molecule has 3 nitrogen and oxygen atoms in total. The zero-order chi connectivity index (χ0) is 15.8. The lowest BCUT2D eigenvalue weighted by Gasteiger charge is -2.09. The molecule has 2 aromatic rings. The Morgan fingerprint density at radius 1 is 1.09 bits per heavy atom. The second-order valence-electron chi connectivity index (χ2n) is 5.08. The molecule has 0 amide bonds. The SMILES string of the molecule is CCCCOC(=O)C(=Cc1ccccc1)c1ccc(N)cc1. The molecular weight excluding hydrogens is 274 g/mol. The van der Waals surface area contributed by atoms with Crippen molar-refractivity contribution in [3.63, 3.8) is 0 Å². The molecule has 0 heterocycles. The molecule has 2 N–H and O–H groups in total. The van der Waals surface area contributed by atoms with Crippen LogP contribution >= 0.6 is 0 Å². The largest absolute Gasteiger partial charge is 0.462 e. The van der Waals surface area contributed by atoms with Gasteiger partial charge in [-0.1, -0.05) is 55.8 Å². The predicted molar refractivity (Wildman–Crippen MR) is 91.0 cm³/mol. The highest BCUT2D eigenvalue weighted by molar-refractivity contribution is 6.21. The average molecular weight is 295 g/mol. The summed E-state index contributed by atoms with van der Waals surface area (Å²) in [4.78, 5) is 12.4. The Morgan fingerprint density at radius 3 is 2.41 bits per heavy atom. The topological polar surface area (TPSA) is 52.3 Å². The van der Waals surface area contributed by atoms with Gasteiger partial charge in [0.25, 0.3) is 0 Å². The molecule has 0 aliphatic rings. The van der Waals surface area contributed by atoms with Gasteiger partial charge in [0.1, 0.15) is 0 Å². The normalized spacial score (nSPS) is 11.2. The highest BCUT2D eigenvalue weighted by Gasteiger charge is 2.13. The number of nitrogen functional groups attached to an aromatic ring is 1. The zero-order valence-corrected chi connectivity index (χ0v) is 12.8. The second kappa shape index (κ2) is 8.03. The number of esters is 1. The number of rotatable bonds is 6. The van der Waals surface area contributed by atoms with E-state index in [0.717, 1.165) is 24.0 Å². The van der Waals surface area contributed by atoms with Gasteiger partial charge in [-0.05, 0) is 35.8 Å². The van der Waals surface area contributed by atoms with Crippen LogP contribution in [0.3, 0.4) is 0 Å². The van der Waals surface area contributed by atoms with Gasteiger partial charge in [0.05, 0.1) is 12.2 Å². The third-order valence-electron chi connectivity index (χ3n) is 3.28. The third-order valence-corrected chi connectivity index (χ3v) is 3.28. The van der Waals surface area contributed by atoms with E-state index in [1.807, 2.05) is 48.5 Å². The van der Waals surface area contributed by atoms with Crippen molar-refractivity contribution in [2.75, 3.05) is 12.3 Å². The van der Waals surface area contributed by atoms with E-state index in [0.29, 0.717) is 17.9 Å². The maximum atomic E-state index is 12.4. The molecule has 114 valence electrons. The van der Waals surface area contributed by atoms with E-state index in [2.05, 4.69) is 6.92 Å². The average Bonchev–Trinajstić information content (AvgIpc) is 2.55. The molecule has 0 aromatic heterocycles. The first-order valence-corrected chi connectivity index (χ1v) is 7.50. The summed E-state index contributed by atoms with van der Waals surface area (Å²) in [5, 5.41) is 0. The van der Waals surface area contributed by atoms with E-state index in [-0.39, 0.29) is 5.97 Å². The molecule has 0 saturated heterocycles. The van der Waals surface area contributed by atoms with Gasteiger partial charge >= 0.3 is 5.97 Å². The van der Waals surface area contributed by atoms with Gasteiger partial charge in [-0.15, -0.1) is 0 Å². The van der Waals surface area contributed by atoms with Crippen LogP contribution in [0.1, 0.15) is 30.9 Å². The van der Waals surface area contributed by atoms with Gasteiger partial charge < -0.3 is 10.5 Å². The van der Waals surface area contributed by atoms with E-state index < -0.39 is 0 Å². The minimum Gasteiger partial charge on any atom is -0.462 e. The van der Waals surface area contributed by atoms with Crippen LogP contribution in [0.15, 0.2) is 54.6 Å². The number of nitrogens with two attached hydrogens (primary N) is 1. The molecule has 0 spiro atoms. The Bertz CT molecular complexity index is 630. The van der Waals surface area contributed by atoms with Gasteiger partial charge in [-0.3, -0.25) is 0 Å². The summed E-state index contributed by atoms with van der Waals surface area (Å²) in [6.45, 7) is 2.50. The fraction of sp³-hybridized carbons (Fsp3) is 0.211. The van der Waals surface area contributed by atoms with Gasteiger partial charge in [0.2, 0.25) is 0 Å². The van der Waals surface area contributed by atoms with E-state index in [1.165, 1.54) is 0 Å². The van der Waals surface area contributed by atoms with Crippen molar-refractivity contribution in [2.45, 2.75) is 19.8 Å². The minimum atomic E-state index is -0.304. The maximum Gasteiger partial charge on any atom is 0.338 e. The molecule has 22 heavy (non-hydrogen) atoms. The molecule has 0 aliphatic carbocycles. The lowest BCUT2D eigenvalue weighted by atomic mass is 10.0. The second-order valence-corrected chi connectivity index (χ2v) is 5.08. The summed E-state index contributed by atoms with van der Waals surface area (Å²) in [7, 11) is 0. The van der Waals surface area contributed by atoms with Crippen molar-refractivity contribution in [2.24, 2.45) is 0 Å². The molecule has 0 unspecified atom stereocenters. The fourth-order valence-corrected chi connectivity index (χ4v) is 2.03. The van der Waals surface area contributed by atoms with Crippen molar-refractivity contribution in [1.82, 2.24) is 0 Å². The molecule has 0 aliphatic heterocycles. The molecule has 0 atom stereocenters. The first-order valence-electron chi connectivity index (χ1n) is 7.50. The van der Waals surface area contributed by atoms with Crippen LogP contribution in [0.25, 0.3) is 11.6 Å². The number of carbonyl (C=O) groups excluding carboxylic acids is 1. The van der Waals surface area contributed by atoms with Crippen LogP contribution in [0, 0.1) is 0 Å². The number of carbonyl (C=O) groups is 1. The van der Waals surface area contributed by atoms with Crippen molar-refractivity contribution >= 4 is 23.3 Å². The van der Waals surface area contributed by atoms with Crippen LogP contribution in [-0.4, -0.2) is 12.6 Å². The molecule has 0 bridgehead atoms. The highest BCUT2D eigenvalue weighted by atomic mass is 16.5. The smallest absolute Gasteiger partial charge is 0.338 e. The molecule has 2 rings (SSSR count). The Morgan fingerprint density at radius 2 is 1.77 bits per heavy atom. The van der Waals surface area contributed by atoms with Gasteiger partial charge in [0.15, 0.2) is 0 Å². The first-order chi connectivity index (χ1) is 10.7. The number of ether oxygens (including phenoxy) is 1. The molecule has 0 radical (unpaired) electrons. The van der Waals surface area contributed by atoms with E-state index in [1.54, 1.807) is 12.1 Å². The summed E-state index contributed by atoms with van der Waals surface area (Å²) in [5.74, 6) is -0.304. The first kappa shape index (κ1) is 15.8. The Hall–Kier alpha value is -2.55. The van der Waals surface area contributed by atoms with Crippen LogP contribution in [0.4, 0.5) is 5.69 Å². The summed E-state index contributed by atoms with van der Waals surface area (Å²) in [6, 6.07) is 17.0. The quantitative estimate of drug-likeness (QED) is 0.286. The summed E-state index contributed by atoms with van der Waals surface area (Å²) >= 11 is 0. The van der Waals surface area contributed by atoms with E-state index in [9.17, 15) is 4.79 Å². The van der Waals surface area contributed by atoms with Crippen LogP contribution in [0.2, 0.25) is 0 Å². The number of hydrogen-bond donors (Lipinski definition) is 1. The third kappa shape index (κ3) is 4.48. The van der Waals surface area contributed by atoms with Gasteiger partial charge in [0, 0.05) is 5.69 Å². The number of unbranched alkanes of at least 4 members (excludes halogenated alkanes) is 1. The molecule has 0 fully saturated rings. The van der Waals surface area contributed by atoms with E-state index >= 15 is 0 Å². The number of anilines is 1. The summed E-state index contributed by atoms with van der Waals surface area (Å²) < 4.78 is 5.36. The Balaban J connectivity index is 2.30. The number of hydrogen-bond acceptors (Lipinski definition) is 3. The summed E-state index contributed by atoms with van der Waals surface area (Å²) in [5.41, 5.74) is 8.70. The molecule has 3 heteroatoms. The van der Waals surface area contributed by atoms with Crippen molar-refractivity contribution in [3.8, 4) is 0 Å². The molecule has 2 aromatic carbocycles. The Labute approximate surface area is 131 Å². The van der Waals surface area contributed by atoms with Crippen LogP contribution in [-0.2, 0) is 9.53 Å². The lowest BCUT2D eigenvalue weighted by Crippen LogP contribution is -2.08. The van der Waals surface area contributed by atoms with Crippen LogP contribution in [0.5, 0.6) is 0 Å². The van der Waals surface area contributed by atoms with Crippen molar-refractivity contribution in [3.05, 3.63) is 65.7 Å². The maximum absolute atomic E-state index is 12.4. The number of benzene rings is 2. The predicted octanol–water partition coefficient (Wildman–Crippen LogP) is 4.15. The fourth-order valence-electron chi connectivity index (χ4n) is 2.03. The minimum absolute atomic E-state index is 0.304. The van der Waals surface area contributed by atoms with E-state index in [4.69, 9.17) is 10.5 Å². The molecular formula is C19H21NO2. The standard InChI is InChI=1S/C19H21NO2/c1-2-3-13-22-19(21)18(14-15-7-5-4-6-8-15)16-9-11-17(20)12-10-16/h4-12,14H,2-3,13,20H2,1H3. The van der Waals surface area contributed by atoms with Crippen LogP contribution < -0.4 is 5.73 Å².